The molecule has 0 saturated heterocycles. The number of hydrogen-bond acceptors (Lipinski definition) is 7. The number of alkyl halides is 1. The molecule has 0 aromatic rings. The van der Waals surface area contributed by atoms with Gasteiger partial charge in [-0.05, 0) is 41.0 Å². The molecule has 2 aliphatic rings. The Hall–Kier alpha value is -1.90. The molecule has 0 aromatic carbocycles. The van der Waals surface area contributed by atoms with Gasteiger partial charge in [-0.2, -0.15) is 0 Å². The van der Waals surface area contributed by atoms with E-state index in [-0.39, 0.29) is 19.6 Å². The maximum Gasteiger partial charge on any atom is 0.408 e. The zero-order valence-corrected chi connectivity index (χ0v) is 15.6. The van der Waals surface area contributed by atoms with Gasteiger partial charge in [0.2, 0.25) is 5.67 Å². The van der Waals surface area contributed by atoms with Crippen LogP contribution in [0.4, 0.5) is 9.18 Å². The highest BCUT2D eigenvalue weighted by Crippen LogP contribution is 2.67. The minimum absolute atomic E-state index is 0.0294. The second kappa shape index (κ2) is 6.68. The monoisotopic (exact) mass is 375 g/mol. The summed E-state index contributed by atoms with van der Waals surface area (Å²) in [6, 6.07) is 0. The van der Waals surface area contributed by atoms with Crippen LogP contribution in [0.15, 0.2) is 0 Å². The molecule has 2 aliphatic carbocycles. The third-order valence-electron chi connectivity index (χ3n) is 4.69. The van der Waals surface area contributed by atoms with Crippen LogP contribution in [0.25, 0.3) is 0 Å². The van der Waals surface area contributed by atoms with Gasteiger partial charge in [0.1, 0.15) is 5.60 Å². The highest BCUT2D eigenvalue weighted by atomic mass is 19.1. The summed E-state index contributed by atoms with van der Waals surface area (Å²) in [7, 11) is 0. The van der Waals surface area contributed by atoms with E-state index in [1.807, 2.05) is 0 Å². The van der Waals surface area contributed by atoms with Crippen LogP contribution in [0.3, 0.4) is 0 Å². The fraction of sp³-hybridized carbons (Fsp3) is 0.824. The Morgan fingerprint density at radius 3 is 2.19 bits per heavy atom. The summed E-state index contributed by atoms with van der Waals surface area (Å²) in [5.74, 6) is -4.34. The number of nitrogens with one attached hydrogen (secondary N) is 1. The van der Waals surface area contributed by atoms with Crippen molar-refractivity contribution in [2.75, 3.05) is 13.2 Å². The molecule has 0 radical (unpaired) electrons. The van der Waals surface area contributed by atoms with Crippen LogP contribution in [0.5, 0.6) is 0 Å². The summed E-state index contributed by atoms with van der Waals surface area (Å²) in [5, 5.41) is 12.7. The molecule has 2 N–H and O–H groups in total. The zero-order valence-electron chi connectivity index (χ0n) is 15.6. The summed E-state index contributed by atoms with van der Waals surface area (Å²) >= 11 is 0. The summed E-state index contributed by atoms with van der Waals surface area (Å²) in [5.41, 5.74) is -5.44. The molecule has 0 spiro atoms. The van der Waals surface area contributed by atoms with Crippen LogP contribution >= 0.6 is 0 Å². The summed E-state index contributed by atoms with van der Waals surface area (Å²) in [6.07, 6.45) is -2.61. The molecule has 9 heteroatoms. The van der Waals surface area contributed by atoms with Gasteiger partial charge in [-0.25, -0.2) is 18.8 Å². The van der Waals surface area contributed by atoms with Gasteiger partial charge in [0.25, 0.3) is 0 Å². The van der Waals surface area contributed by atoms with Crippen molar-refractivity contribution >= 4 is 18.0 Å². The number of aliphatic hydroxyl groups excluding tert-OH is 1. The predicted octanol–water partition coefficient (Wildman–Crippen LogP) is 1.09. The van der Waals surface area contributed by atoms with Crippen LogP contribution in [0, 0.1) is 11.8 Å². The molecule has 148 valence electrons. The minimum atomic E-state index is -2.46. The number of amides is 1. The Morgan fingerprint density at radius 1 is 1.15 bits per heavy atom. The van der Waals surface area contributed by atoms with Crippen molar-refractivity contribution in [3.05, 3.63) is 0 Å². The Balaban J connectivity index is 2.36. The number of aliphatic hydroxyl groups is 1. The number of rotatable bonds is 5. The smallest absolute Gasteiger partial charge is 0.408 e. The number of carbonyl (C=O) groups excluding carboxylic acids is 3. The maximum atomic E-state index is 15.3. The van der Waals surface area contributed by atoms with Crippen LogP contribution < -0.4 is 5.32 Å². The fourth-order valence-electron chi connectivity index (χ4n) is 3.73. The SMILES string of the molecule is CCOC(=O)C1(F)C2CC(O)C(NC(=O)OC(C)(C)C)(C(=O)OCC)C21. The molecule has 0 aromatic heterocycles. The number of hydrogen-bond donors (Lipinski definition) is 2. The first-order valence-corrected chi connectivity index (χ1v) is 8.67. The number of halogens is 1. The first-order chi connectivity index (χ1) is 11.9. The molecular formula is C17H26FNO7. The molecule has 0 aliphatic heterocycles. The van der Waals surface area contributed by atoms with Gasteiger partial charge in [0, 0.05) is 11.8 Å². The Morgan fingerprint density at radius 2 is 1.69 bits per heavy atom. The predicted molar refractivity (Wildman–Crippen MR) is 86.8 cm³/mol. The van der Waals surface area contributed by atoms with E-state index in [1.165, 1.54) is 6.92 Å². The Bertz CT molecular complexity index is 604. The molecule has 2 fully saturated rings. The van der Waals surface area contributed by atoms with E-state index in [4.69, 9.17) is 14.2 Å². The van der Waals surface area contributed by atoms with Crippen LogP contribution in [0.2, 0.25) is 0 Å². The molecule has 2 rings (SSSR count). The molecule has 0 heterocycles. The van der Waals surface area contributed by atoms with Crippen molar-refractivity contribution in [2.24, 2.45) is 11.8 Å². The topological polar surface area (TPSA) is 111 Å². The molecule has 0 bridgehead atoms. The first kappa shape index (κ1) is 20.4. The largest absolute Gasteiger partial charge is 0.464 e. The molecule has 5 atom stereocenters. The average molecular weight is 375 g/mol. The van der Waals surface area contributed by atoms with E-state index in [2.05, 4.69) is 5.32 Å². The summed E-state index contributed by atoms with van der Waals surface area (Å²) < 4.78 is 30.1. The standard InChI is InChI=1S/C17H26FNO7/c1-6-24-12(21)16(18)9-8-10(20)17(11(9)16,13(22)25-7-2)19-14(23)26-15(3,4)5/h9-11,20H,6-8H2,1-5H3,(H,19,23). The maximum absolute atomic E-state index is 15.3. The highest BCUT2D eigenvalue weighted by molar-refractivity contribution is 5.94. The van der Waals surface area contributed by atoms with Crippen molar-refractivity contribution in [1.82, 2.24) is 5.32 Å². The van der Waals surface area contributed by atoms with Gasteiger partial charge in [0.05, 0.1) is 19.3 Å². The van der Waals surface area contributed by atoms with E-state index >= 15 is 4.39 Å². The quantitative estimate of drug-likeness (QED) is 0.547. The van der Waals surface area contributed by atoms with Crippen molar-refractivity contribution < 1.29 is 38.1 Å². The third kappa shape index (κ3) is 3.13. The van der Waals surface area contributed by atoms with E-state index < -0.39 is 52.8 Å². The van der Waals surface area contributed by atoms with E-state index in [0.29, 0.717) is 0 Å². The molecule has 1 amide bonds. The van der Waals surface area contributed by atoms with Crippen LogP contribution in [0.1, 0.15) is 41.0 Å². The second-order valence-electron chi connectivity index (χ2n) is 7.54. The molecular weight excluding hydrogens is 349 g/mol. The van der Waals surface area contributed by atoms with Crippen molar-refractivity contribution in [2.45, 2.75) is 64.0 Å². The van der Waals surface area contributed by atoms with E-state index in [1.54, 1.807) is 27.7 Å². The lowest BCUT2D eigenvalue weighted by Crippen LogP contribution is -2.65. The lowest BCUT2D eigenvalue weighted by molar-refractivity contribution is -0.162. The third-order valence-corrected chi connectivity index (χ3v) is 4.69. The van der Waals surface area contributed by atoms with Crippen LogP contribution in [-0.2, 0) is 23.8 Å². The van der Waals surface area contributed by atoms with Gasteiger partial charge < -0.3 is 24.6 Å². The van der Waals surface area contributed by atoms with Crippen molar-refractivity contribution in [3.8, 4) is 0 Å². The van der Waals surface area contributed by atoms with Gasteiger partial charge in [-0.15, -0.1) is 0 Å². The minimum Gasteiger partial charge on any atom is -0.464 e. The van der Waals surface area contributed by atoms with Crippen LogP contribution in [-0.4, -0.2) is 59.3 Å². The Kier molecular flexibility index (Phi) is 5.24. The average Bonchev–Trinajstić information content (AvgIpc) is 2.96. The summed E-state index contributed by atoms with van der Waals surface area (Å²) in [6.45, 7) is 7.86. The zero-order chi connectivity index (χ0) is 19.9. The molecule has 2 saturated carbocycles. The molecule has 26 heavy (non-hydrogen) atoms. The van der Waals surface area contributed by atoms with E-state index in [9.17, 15) is 19.5 Å². The lowest BCUT2D eigenvalue weighted by Gasteiger charge is -2.35. The number of carbonyl (C=O) groups is 3. The summed E-state index contributed by atoms with van der Waals surface area (Å²) in [4.78, 5) is 36.9. The lowest BCUT2D eigenvalue weighted by atomic mass is 9.86. The number of ether oxygens (including phenoxy) is 3. The molecule has 8 nitrogen and oxygen atoms in total. The number of fused-ring (bicyclic) bond motifs is 1. The van der Waals surface area contributed by atoms with Gasteiger partial charge in [-0.3, -0.25) is 0 Å². The normalized spacial score (nSPS) is 35.3. The van der Waals surface area contributed by atoms with E-state index in [0.717, 1.165) is 0 Å². The van der Waals surface area contributed by atoms with Crippen molar-refractivity contribution in [3.63, 3.8) is 0 Å². The Labute approximate surface area is 151 Å². The van der Waals surface area contributed by atoms with Crippen molar-refractivity contribution in [1.29, 1.82) is 0 Å². The number of alkyl carbamates (subject to hydrolysis) is 1. The van der Waals surface area contributed by atoms with Gasteiger partial charge in [0.15, 0.2) is 5.54 Å². The van der Waals surface area contributed by atoms with Gasteiger partial charge in [-0.1, -0.05) is 0 Å². The fourth-order valence-corrected chi connectivity index (χ4v) is 3.73. The first-order valence-electron chi connectivity index (χ1n) is 8.67. The van der Waals surface area contributed by atoms with Gasteiger partial charge >= 0.3 is 18.0 Å². The number of esters is 2. The highest BCUT2D eigenvalue weighted by Gasteiger charge is 2.86. The molecule has 5 unspecified atom stereocenters. The second-order valence-corrected chi connectivity index (χ2v) is 7.54.